The molecule has 0 aromatic heterocycles. The fraction of sp³-hybridized carbons (Fsp3) is 0.778. The van der Waals surface area contributed by atoms with Gasteiger partial charge in [-0.05, 0) is 12.8 Å². The zero-order chi connectivity index (χ0) is 10.6. The van der Waals surface area contributed by atoms with Crippen LogP contribution in [0.4, 0.5) is 0 Å². The van der Waals surface area contributed by atoms with E-state index < -0.39 is 12.1 Å². The quantitative estimate of drug-likeness (QED) is 0.656. The molecule has 2 N–H and O–H groups in total. The third kappa shape index (κ3) is 2.70. The Morgan fingerprint density at radius 1 is 1.57 bits per heavy atom. The van der Waals surface area contributed by atoms with Crippen LogP contribution < -0.4 is 5.32 Å². The first kappa shape index (κ1) is 11.0. The van der Waals surface area contributed by atoms with Crippen molar-refractivity contribution in [3.8, 4) is 0 Å². The lowest BCUT2D eigenvalue weighted by atomic mass is 9.85. The minimum atomic E-state index is -1.05. The van der Waals surface area contributed by atoms with Crippen LogP contribution >= 0.6 is 0 Å². The molecule has 5 nitrogen and oxygen atoms in total. The van der Waals surface area contributed by atoms with Gasteiger partial charge in [-0.15, -0.1) is 0 Å². The molecule has 0 spiro atoms. The van der Waals surface area contributed by atoms with Gasteiger partial charge >= 0.3 is 5.97 Å². The Labute approximate surface area is 82.4 Å². The fourth-order valence-corrected chi connectivity index (χ4v) is 1.28. The number of hydrogen-bond acceptors (Lipinski definition) is 3. The monoisotopic (exact) mass is 201 g/mol. The third-order valence-corrected chi connectivity index (χ3v) is 2.50. The molecule has 0 aromatic carbocycles. The molecule has 1 unspecified atom stereocenters. The van der Waals surface area contributed by atoms with E-state index in [0.29, 0.717) is 0 Å². The number of aliphatic carboxylic acids is 1. The van der Waals surface area contributed by atoms with E-state index in [9.17, 15) is 9.59 Å². The van der Waals surface area contributed by atoms with Crippen molar-refractivity contribution in [3.63, 3.8) is 0 Å². The van der Waals surface area contributed by atoms with Gasteiger partial charge in [-0.25, -0.2) is 4.79 Å². The summed E-state index contributed by atoms with van der Waals surface area (Å²) in [6, 6.07) is 0. The van der Waals surface area contributed by atoms with E-state index in [0.717, 1.165) is 19.3 Å². The van der Waals surface area contributed by atoms with Gasteiger partial charge < -0.3 is 15.2 Å². The molecule has 5 heteroatoms. The third-order valence-electron chi connectivity index (χ3n) is 2.50. The number of carbonyl (C=O) groups is 2. The smallest absolute Gasteiger partial charge is 0.334 e. The van der Waals surface area contributed by atoms with Gasteiger partial charge in [-0.2, -0.15) is 0 Å². The standard InChI is InChI=1S/C9H15NO4/c1-14-7(9(12)13)5-10-8(11)6-3-2-4-6/h6-7H,2-5H2,1H3,(H,10,11)(H,12,13). The van der Waals surface area contributed by atoms with Crippen LogP contribution in [0.15, 0.2) is 0 Å². The molecule has 1 rings (SSSR count). The van der Waals surface area contributed by atoms with Crippen molar-refractivity contribution in [1.29, 1.82) is 0 Å². The first-order valence-corrected chi connectivity index (χ1v) is 4.68. The summed E-state index contributed by atoms with van der Waals surface area (Å²) in [4.78, 5) is 21.8. The van der Waals surface area contributed by atoms with Gasteiger partial charge in [0.25, 0.3) is 0 Å². The normalized spacial score (nSPS) is 18.4. The second-order valence-electron chi connectivity index (χ2n) is 3.44. The van der Waals surface area contributed by atoms with Crippen LogP contribution in [0, 0.1) is 5.92 Å². The molecule has 0 heterocycles. The van der Waals surface area contributed by atoms with Crippen LogP contribution in [0.25, 0.3) is 0 Å². The molecule has 1 fully saturated rings. The molecule has 0 aromatic rings. The van der Waals surface area contributed by atoms with Gasteiger partial charge in [0.05, 0.1) is 6.54 Å². The molecule has 0 radical (unpaired) electrons. The minimum Gasteiger partial charge on any atom is -0.479 e. The van der Waals surface area contributed by atoms with Crippen molar-refractivity contribution in [2.45, 2.75) is 25.4 Å². The van der Waals surface area contributed by atoms with Crippen molar-refractivity contribution < 1.29 is 19.4 Å². The topological polar surface area (TPSA) is 75.6 Å². The van der Waals surface area contributed by atoms with E-state index in [1.54, 1.807) is 0 Å². The second kappa shape index (κ2) is 4.95. The summed E-state index contributed by atoms with van der Waals surface area (Å²) in [5.74, 6) is -1.03. The van der Waals surface area contributed by atoms with Crippen LogP contribution in [0.2, 0.25) is 0 Å². The number of rotatable bonds is 5. The number of methoxy groups -OCH3 is 1. The maximum absolute atomic E-state index is 11.3. The van der Waals surface area contributed by atoms with Crippen LogP contribution in [-0.2, 0) is 14.3 Å². The summed E-state index contributed by atoms with van der Waals surface area (Å²) in [6.45, 7) is 0.0428. The maximum Gasteiger partial charge on any atom is 0.334 e. The number of nitrogens with one attached hydrogen (secondary N) is 1. The summed E-state index contributed by atoms with van der Waals surface area (Å²) in [5, 5.41) is 11.2. The highest BCUT2D eigenvalue weighted by Gasteiger charge is 2.26. The molecule has 0 aliphatic heterocycles. The van der Waals surface area contributed by atoms with E-state index in [-0.39, 0.29) is 18.4 Å². The van der Waals surface area contributed by atoms with Crippen molar-refractivity contribution in [1.82, 2.24) is 5.32 Å². The van der Waals surface area contributed by atoms with Crippen LogP contribution in [0.3, 0.4) is 0 Å². The Morgan fingerprint density at radius 2 is 2.21 bits per heavy atom. The minimum absolute atomic E-state index is 0.0428. The number of hydrogen-bond donors (Lipinski definition) is 2. The molecule has 0 saturated heterocycles. The van der Waals surface area contributed by atoms with Crippen molar-refractivity contribution >= 4 is 11.9 Å². The van der Waals surface area contributed by atoms with Gasteiger partial charge in [-0.1, -0.05) is 6.42 Å². The van der Waals surface area contributed by atoms with Crippen LogP contribution in [0.1, 0.15) is 19.3 Å². The van der Waals surface area contributed by atoms with Crippen molar-refractivity contribution in [3.05, 3.63) is 0 Å². The average molecular weight is 201 g/mol. The second-order valence-corrected chi connectivity index (χ2v) is 3.44. The number of carboxylic acids is 1. The van der Waals surface area contributed by atoms with Crippen molar-refractivity contribution in [2.24, 2.45) is 5.92 Å². The summed E-state index contributed by atoms with van der Waals surface area (Å²) in [5.41, 5.74) is 0. The van der Waals surface area contributed by atoms with Gasteiger partial charge in [0.1, 0.15) is 0 Å². The fourth-order valence-electron chi connectivity index (χ4n) is 1.28. The summed E-state index contributed by atoms with van der Waals surface area (Å²) in [7, 11) is 1.31. The highest BCUT2D eigenvalue weighted by molar-refractivity contribution is 5.80. The lowest BCUT2D eigenvalue weighted by Crippen LogP contribution is -2.41. The summed E-state index contributed by atoms with van der Waals surface area (Å²) < 4.78 is 4.68. The summed E-state index contributed by atoms with van der Waals surface area (Å²) in [6.07, 6.45) is 1.97. The predicted molar refractivity (Wildman–Crippen MR) is 48.8 cm³/mol. The van der Waals surface area contributed by atoms with E-state index in [2.05, 4.69) is 10.1 Å². The number of carboxylic acid groups (broad SMARTS) is 1. The largest absolute Gasteiger partial charge is 0.479 e. The molecule has 14 heavy (non-hydrogen) atoms. The lowest BCUT2D eigenvalue weighted by molar-refractivity contribution is -0.148. The average Bonchev–Trinajstić information content (AvgIpc) is 2.01. The molecule has 1 aliphatic rings. The van der Waals surface area contributed by atoms with E-state index in [1.165, 1.54) is 7.11 Å². The van der Waals surface area contributed by atoms with Gasteiger partial charge in [0, 0.05) is 13.0 Å². The first-order valence-electron chi connectivity index (χ1n) is 4.68. The lowest BCUT2D eigenvalue weighted by Gasteiger charge is -2.24. The SMILES string of the molecule is COC(CNC(=O)C1CCC1)C(=O)O. The van der Waals surface area contributed by atoms with E-state index in [1.807, 2.05) is 0 Å². The molecule has 0 bridgehead atoms. The van der Waals surface area contributed by atoms with Crippen LogP contribution in [0.5, 0.6) is 0 Å². The van der Waals surface area contributed by atoms with E-state index in [4.69, 9.17) is 5.11 Å². The Hall–Kier alpha value is -1.10. The van der Waals surface area contributed by atoms with Crippen LogP contribution in [-0.4, -0.2) is 36.7 Å². The predicted octanol–water partition coefficient (Wildman–Crippen LogP) is 0.00230. The number of ether oxygens (including phenoxy) is 1. The molecule has 1 amide bonds. The Balaban J connectivity index is 2.23. The van der Waals surface area contributed by atoms with Gasteiger partial charge in [-0.3, -0.25) is 4.79 Å². The Kier molecular flexibility index (Phi) is 3.88. The van der Waals surface area contributed by atoms with Crippen molar-refractivity contribution in [2.75, 3.05) is 13.7 Å². The Bertz CT molecular complexity index is 225. The number of amides is 1. The van der Waals surface area contributed by atoms with Gasteiger partial charge in [0.15, 0.2) is 6.10 Å². The highest BCUT2D eigenvalue weighted by Crippen LogP contribution is 2.26. The van der Waals surface area contributed by atoms with E-state index >= 15 is 0 Å². The summed E-state index contributed by atoms with van der Waals surface area (Å²) >= 11 is 0. The molecule has 1 atom stereocenters. The Morgan fingerprint density at radius 3 is 2.57 bits per heavy atom. The zero-order valence-corrected chi connectivity index (χ0v) is 8.16. The maximum atomic E-state index is 11.3. The zero-order valence-electron chi connectivity index (χ0n) is 8.16. The first-order chi connectivity index (χ1) is 6.65. The molecular formula is C9H15NO4. The number of carbonyl (C=O) groups excluding carboxylic acids is 1. The van der Waals surface area contributed by atoms with Gasteiger partial charge in [0.2, 0.25) is 5.91 Å². The molecule has 1 saturated carbocycles. The molecule has 1 aliphatic carbocycles. The molecule has 80 valence electrons. The molecular weight excluding hydrogens is 186 g/mol. The highest BCUT2D eigenvalue weighted by atomic mass is 16.5.